The zero-order chi connectivity index (χ0) is 14.8. The van der Waals surface area contributed by atoms with Crippen LogP contribution in [-0.4, -0.2) is 48.0 Å². The van der Waals surface area contributed by atoms with Crippen molar-refractivity contribution in [3.05, 3.63) is 0 Å². The molecule has 1 fully saturated rings. The summed E-state index contributed by atoms with van der Waals surface area (Å²) in [5.74, 6) is 0.126. The number of carbonyl (C=O) groups is 2. The van der Waals surface area contributed by atoms with Gasteiger partial charge < -0.3 is 9.40 Å². The van der Waals surface area contributed by atoms with Crippen LogP contribution in [0.3, 0.4) is 0 Å². The third-order valence-corrected chi connectivity index (χ3v) is 6.19. The van der Waals surface area contributed by atoms with E-state index in [0.717, 1.165) is 18.6 Å². The molecule has 0 aromatic carbocycles. The average Bonchev–Trinajstić information content (AvgIpc) is 2.82. The SMILES string of the molecule is CSSCCCC[PH](=O)CCC(=O)ON1OCCC1=O. The highest BCUT2D eigenvalue weighted by Crippen LogP contribution is 2.25. The molecule has 0 aromatic heterocycles. The Morgan fingerprint density at radius 1 is 1.45 bits per heavy atom. The molecule has 0 radical (unpaired) electrons. The summed E-state index contributed by atoms with van der Waals surface area (Å²) in [6.45, 7) is 0.233. The molecule has 0 saturated carbocycles. The summed E-state index contributed by atoms with van der Waals surface area (Å²) in [5.41, 5.74) is 0. The predicted octanol–water partition coefficient (Wildman–Crippen LogP) is 2.35. The van der Waals surface area contributed by atoms with Crippen LogP contribution in [0, 0.1) is 0 Å². The molecule has 116 valence electrons. The molecule has 0 spiro atoms. The van der Waals surface area contributed by atoms with Crippen molar-refractivity contribution < 1.29 is 23.8 Å². The zero-order valence-corrected chi connectivity index (χ0v) is 14.1. The first-order valence-corrected chi connectivity index (χ1v) is 11.0. The highest BCUT2D eigenvalue weighted by Gasteiger charge is 2.25. The Bertz CT molecular complexity index is 356. The number of rotatable bonds is 10. The lowest BCUT2D eigenvalue weighted by Gasteiger charge is -2.12. The van der Waals surface area contributed by atoms with Crippen LogP contribution in [0.1, 0.15) is 25.7 Å². The molecule has 0 aliphatic carbocycles. The van der Waals surface area contributed by atoms with Crippen molar-refractivity contribution in [2.75, 3.05) is 30.9 Å². The Morgan fingerprint density at radius 2 is 2.25 bits per heavy atom. The fourth-order valence-corrected chi connectivity index (χ4v) is 4.25. The predicted molar refractivity (Wildman–Crippen MR) is 82.1 cm³/mol. The fraction of sp³-hybridized carbons (Fsp3) is 0.818. The van der Waals surface area contributed by atoms with Crippen LogP contribution in [0.25, 0.3) is 0 Å². The number of hydrogen-bond acceptors (Lipinski definition) is 7. The first kappa shape index (κ1) is 17.9. The number of unbranched alkanes of at least 4 members (excludes halogenated alkanes) is 1. The quantitative estimate of drug-likeness (QED) is 0.343. The molecule has 1 heterocycles. The summed E-state index contributed by atoms with van der Waals surface area (Å²) in [6, 6.07) is 0. The molecule has 1 saturated heterocycles. The lowest BCUT2D eigenvalue weighted by Crippen LogP contribution is -2.27. The van der Waals surface area contributed by atoms with Crippen molar-refractivity contribution in [2.45, 2.75) is 25.7 Å². The van der Waals surface area contributed by atoms with Gasteiger partial charge in [0.25, 0.3) is 5.91 Å². The van der Waals surface area contributed by atoms with Crippen LogP contribution >= 0.6 is 29.4 Å². The van der Waals surface area contributed by atoms with Crippen LogP contribution in [0.4, 0.5) is 0 Å². The van der Waals surface area contributed by atoms with Crippen LogP contribution in [0.15, 0.2) is 0 Å². The second-order valence-electron chi connectivity index (χ2n) is 4.18. The monoisotopic (exact) mass is 341 g/mol. The van der Waals surface area contributed by atoms with E-state index in [-0.39, 0.29) is 25.4 Å². The van der Waals surface area contributed by atoms with Gasteiger partial charge in [0.2, 0.25) is 0 Å². The highest BCUT2D eigenvalue weighted by atomic mass is 33.1. The number of amides is 1. The maximum absolute atomic E-state index is 11.7. The summed E-state index contributed by atoms with van der Waals surface area (Å²) < 4.78 is 11.7. The van der Waals surface area contributed by atoms with Crippen molar-refractivity contribution in [1.29, 1.82) is 0 Å². The van der Waals surface area contributed by atoms with E-state index in [4.69, 9.17) is 9.68 Å². The number of nitrogens with zero attached hydrogens (tertiary/aromatic N) is 1. The second-order valence-corrected chi connectivity index (χ2v) is 8.94. The van der Waals surface area contributed by atoms with Crippen molar-refractivity contribution in [3.63, 3.8) is 0 Å². The van der Waals surface area contributed by atoms with Crippen molar-refractivity contribution in [3.8, 4) is 0 Å². The minimum absolute atomic E-state index is 0.0600. The van der Waals surface area contributed by atoms with Gasteiger partial charge in [0, 0.05) is 11.9 Å². The third-order valence-electron chi connectivity index (χ3n) is 2.57. The van der Waals surface area contributed by atoms with Gasteiger partial charge in [-0.05, 0) is 30.5 Å². The maximum Gasteiger partial charge on any atom is 0.336 e. The molecule has 20 heavy (non-hydrogen) atoms. The molecule has 1 rings (SSSR count). The molecule has 0 bridgehead atoms. The third kappa shape index (κ3) is 7.57. The Kier molecular flexibility index (Phi) is 9.42. The van der Waals surface area contributed by atoms with Gasteiger partial charge in [-0.1, -0.05) is 21.6 Å². The van der Waals surface area contributed by atoms with Crippen LogP contribution in [0.2, 0.25) is 0 Å². The Hall–Kier alpha value is -0.170. The molecule has 9 heteroatoms. The minimum Gasteiger partial charge on any atom is -0.327 e. The Balaban J connectivity index is 2.05. The second kappa shape index (κ2) is 10.5. The van der Waals surface area contributed by atoms with Gasteiger partial charge in [-0.3, -0.25) is 4.79 Å². The summed E-state index contributed by atoms with van der Waals surface area (Å²) in [6.07, 6.45) is 5.29. The van der Waals surface area contributed by atoms with Gasteiger partial charge in [-0.15, -0.1) is 0 Å². The van der Waals surface area contributed by atoms with E-state index in [0.29, 0.717) is 17.6 Å². The van der Waals surface area contributed by atoms with E-state index in [2.05, 4.69) is 0 Å². The number of carbonyl (C=O) groups excluding carboxylic acids is 2. The van der Waals surface area contributed by atoms with Gasteiger partial charge in [0.1, 0.15) is 0 Å². The summed E-state index contributed by atoms with van der Waals surface area (Å²) in [7, 11) is 1.80. The standard InChI is InChI=1S/C11H20NO5PS2/c1-19-20-9-3-2-7-18(15)8-5-11(14)17-12-10(13)4-6-16-12/h18H,2-9H2,1H3. The van der Waals surface area contributed by atoms with E-state index < -0.39 is 13.8 Å². The molecular weight excluding hydrogens is 321 g/mol. The Morgan fingerprint density at radius 3 is 2.90 bits per heavy atom. The lowest BCUT2D eigenvalue weighted by molar-refractivity contribution is -0.302. The van der Waals surface area contributed by atoms with Gasteiger partial charge >= 0.3 is 5.97 Å². The van der Waals surface area contributed by atoms with Crippen molar-refractivity contribution >= 4 is 41.3 Å². The molecule has 1 amide bonds. The van der Waals surface area contributed by atoms with Gasteiger partial charge in [-0.25, -0.2) is 9.63 Å². The van der Waals surface area contributed by atoms with E-state index in [9.17, 15) is 14.2 Å². The van der Waals surface area contributed by atoms with Gasteiger partial charge in [0.05, 0.1) is 27.2 Å². The summed E-state index contributed by atoms with van der Waals surface area (Å²) in [5, 5.41) is 0.624. The molecule has 1 aliphatic rings. The molecule has 1 aliphatic heterocycles. The van der Waals surface area contributed by atoms with Crippen LogP contribution in [-0.2, 0) is 23.8 Å². The first-order valence-electron chi connectivity index (χ1n) is 6.47. The van der Waals surface area contributed by atoms with Crippen LogP contribution < -0.4 is 0 Å². The molecule has 1 atom stereocenters. The van der Waals surface area contributed by atoms with Gasteiger partial charge in [0.15, 0.2) is 0 Å². The van der Waals surface area contributed by atoms with Gasteiger partial charge in [-0.2, -0.15) is 0 Å². The van der Waals surface area contributed by atoms with E-state index in [1.165, 1.54) is 0 Å². The molecule has 0 N–H and O–H groups in total. The highest BCUT2D eigenvalue weighted by molar-refractivity contribution is 8.76. The molecule has 6 nitrogen and oxygen atoms in total. The van der Waals surface area contributed by atoms with Crippen molar-refractivity contribution in [1.82, 2.24) is 5.23 Å². The zero-order valence-electron chi connectivity index (χ0n) is 11.5. The van der Waals surface area contributed by atoms with Crippen LogP contribution in [0.5, 0.6) is 0 Å². The average molecular weight is 341 g/mol. The molecular formula is C11H20NO5PS2. The number of hydrogen-bond donors (Lipinski definition) is 0. The normalized spacial score (nSPS) is 16.4. The van der Waals surface area contributed by atoms with E-state index >= 15 is 0 Å². The molecule has 0 aromatic rings. The first-order chi connectivity index (χ1) is 9.63. The largest absolute Gasteiger partial charge is 0.336 e. The smallest absolute Gasteiger partial charge is 0.327 e. The van der Waals surface area contributed by atoms with E-state index in [1.807, 2.05) is 6.26 Å². The maximum atomic E-state index is 11.7. The lowest BCUT2D eigenvalue weighted by atomic mass is 10.4. The topological polar surface area (TPSA) is 72.9 Å². The Labute approximate surface area is 127 Å². The molecule has 1 unspecified atom stereocenters. The number of hydroxylamine groups is 2. The van der Waals surface area contributed by atoms with Crippen molar-refractivity contribution in [2.24, 2.45) is 0 Å². The van der Waals surface area contributed by atoms with E-state index in [1.54, 1.807) is 21.6 Å². The summed E-state index contributed by atoms with van der Waals surface area (Å²) >= 11 is 0. The summed E-state index contributed by atoms with van der Waals surface area (Å²) in [4.78, 5) is 32.1. The fourth-order valence-electron chi connectivity index (χ4n) is 1.53. The minimum atomic E-state index is -1.73.